The summed E-state index contributed by atoms with van der Waals surface area (Å²) in [5.41, 5.74) is 0.421. The SMILES string of the molecule is C[C@]1(O)CC(=O)[C@H](C(=O)OCc2ccccc2)[C@@H](c2ccc(Br)cc2)[C@H]1C(=O)OCc1ccccc1. The van der Waals surface area contributed by atoms with Crippen LogP contribution < -0.4 is 0 Å². The van der Waals surface area contributed by atoms with Crippen LogP contribution in [0.1, 0.15) is 36.0 Å². The van der Waals surface area contributed by atoms with E-state index in [1.54, 1.807) is 24.3 Å². The summed E-state index contributed by atoms with van der Waals surface area (Å²) in [6.45, 7) is 1.45. The van der Waals surface area contributed by atoms with Crippen molar-refractivity contribution < 1.29 is 29.0 Å². The highest BCUT2D eigenvalue weighted by atomic mass is 79.9. The number of aliphatic hydroxyl groups is 1. The maximum atomic E-state index is 13.4. The second kappa shape index (κ2) is 11.2. The molecule has 0 aliphatic heterocycles. The van der Waals surface area contributed by atoms with E-state index in [1.165, 1.54) is 6.92 Å². The summed E-state index contributed by atoms with van der Waals surface area (Å²) in [6, 6.07) is 25.3. The van der Waals surface area contributed by atoms with Gasteiger partial charge in [0.2, 0.25) is 0 Å². The van der Waals surface area contributed by atoms with Gasteiger partial charge in [0.05, 0.1) is 11.5 Å². The first kappa shape index (κ1) is 25.8. The van der Waals surface area contributed by atoms with Gasteiger partial charge in [-0.15, -0.1) is 0 Å². The van der Waals surface area contributed by atoms with Crippen LogP contribution in [0.4, 0.5) is 0 Å². The largest absolute Gasteiger partial charge is 0.461 e. The van der Waals surface area contributed by atoms with Crippen molar-refractivity contribution in [3.63, 3.8) is 0 Å². The molecule has 4 rings (SSSR count). The van der Waals surface area contributed by atoms with Crippen LogP contribution in [-0.4, -0.2) is 28.4 Å². The molecule has 0 radical (unpaired) electrons. The van der Waals surface area contributed by atoms with E-state index in [0.717, 1.165) is 15.6 Å². The zero-order valence-electron chi connectivity index (χ0n) is 19.8. The van der Waals surface area contributed by atoms with Gasteiger partial charge < -0.3 is 14.6 Å². The summed E-state index contributed by atoms with van der Waals surface area (Å²) in [7, 11) is 0. The van der Waals surface area contributed by atoms with Gasteiger partial charge in [0, 0.05) is 16.8 Å². The molecule has 1 aliphatic carbocycles. The van der Waals surface area contributed by atoms with Crippen molar-refractivity contribution in [2.24, 2.45) is 11.8 Å². The summed E-state index contributed by atoms with van der Waals surface area (Å²) in [6.07, 6.45) is -0.365. The van der Waals surface area contributed by atoms with E-state index >= 15 is 0 Å². The minimum atomic E-state index is -1.71. The molecule has 0 unspecified atom stereocenters. The molecule has 6 nitrogen and oxygen atoms in total. The second-order valence-corrected chi connectivity index (χ2v) is 10.1. The van der Waals surface area contributed by atoms with Gasteiger partial charge in [-0.2, -0.15) is 0 Å². The van der Waals surface area contributed by atoms with E-state index in [-0.39, 0.29) is 19.6 Å². The van der Waals surface area contributed by atoms with E-state index in [1.807, 2.05) is 60.7 Å². The zero-order chi connectivity index (χ0) is 25.7. The Morgan fingerprint density at radius 2 is 1.36 bits per heavy atom. The number of ketones is 1. The maximum absolute atomic E-state index is 13.4. The molecule has 0 saturated heterocycles. The Labute approximate surface area is 218 Å². The predicted molar refractivity (Wildman–Crippen MR) is 137 cm³/mol. The molecule has 1 aliphatic rings. The molecule has 0 heterocycles. The molecule has 0 spiro atoms. The van der Waals surface area contributed by atoms with Crippen LogP contribution in [0.5, 0.6) is 0 Å². The van der Waals surface area contributed by atoms with Gasteiger partial charge in [0.15, 0.2) is 5.78 Å². The summed E-state index contributed by atoms with van der Waals surface area (Å²) < 4.78 is 11.9. The van der Waals surface area contributed by atoms with Gasteiger partial charge in [-0.1, -0.05) is 88.7 Å². The third-order valence-corrected chi connectivity index (χ3v) is 7.01. The van der Waals surface area contributed by atoms with E-state index in [4.69, 9.17) is 9.47 Å². The third-order valence-electron chi connectivity index (χ3n) is 6.48. The molecule has 36 heavy (non-hydrogen) atoms. The standard InChI is InChI=1S/C29H27BrO6/c1-29(34)16-23(31)25(27(32)35-17-19-8-4-2-5-9-19)24(21-12-14-22(30)15-13-21)26(29)28(33)36-18-20-10-6-3-7-11-20/h2-15,24-26,34H,16-18H2,1H3/t24-,25+,26+,29+/m1/s1. The highest BCUT2D eigenvalue weighted by molar-refractivity contribution is 9.10. The lowest BCUT2D eigenvalue weighted by Crippen LogP contribution is -2.55. The minimum Gasteiger partial charge on any atom is -0.461 e. The molecular weight excluding hydrogens is 524 g/mol. The van der Waals surface area contributed by atoms with E-state index in [9.17, 15) is 19.5 Å². The van der Waals surface area contributed by atoms with E-state index in [0.29, 0.717) is 5.56 Å². The number of ether oxygens (including phenoxy) is 2. The van der Waals surface area contributed by atoms with Crippen LogP contribution in [0.25, 0.3) is 0 Å². The molecule has 1 fully saturated rings. The van der Waals surface area contributed by atoms with Crippen LogP contribution in [0.15, 0.2) is 89.4 Å². The van der Waals surface area contributed by atoms with Crippen LogP contribution in [0.3, 0.4) is 0 Å². The number of carbonyl (C=O) groups excluding carboxylic acids is 3. The molecule has 3 aromatic rings. The Bertz CT molecular complexity index is 1210. The van der Waals surface area contributed by atoms with Crippen LogP contribution in [-0.2, 0) is 37.1 Å². The average Bonchev–Trinajstić information content (AvgIpc) is 2.86. The fourth-order valence-electron chi connectivity index (χ4n) is 4.74. The van der Waals surface area contributed by atoms with Crippen LogP contribution >= 0.6 is 15.9 Å². The van der Waals surface area contributed by atoms with Crippen molar-refractivity contribution in [2.75, 3.05) is 0 Å². The molecule has 0 amide bonds. The van der Waals surface area contributed by atoms with Crippen molar-refractivity contribution in [2.45, 2.75) is 38.1 Å². The lowest BCUT2D eigenvalue weighted by Gasteiger charge is -2.43. The molecule has 1 saturated carbocycles. The van der Waals surface area contributed by atoms with E-state index in [2.05, 4.69) is 15.9 Å². The van der Waals surface area contributed by atoms with Crippen molar-refractivity contribution in [3.8, 4) is 0 Å². The Balaban J connectivity index is 1.66. The summed E-state index contributed by atoms with van der Waals surface area (Å²) in [4.78, 5) is 40.0. The van der Waals surface area contributed by atoms with Gasteiger partial charge in [0.25, 0.3) is 0 Å². The third kappa shape index (κ3) is 5.91. The molecule has 7 heteroatoms. The number of Topliss-reactive ketones (excluding diaryl/α,β-unsaturated/α-hetero) is 1. The van der Waals surface area contributed by atoms with Gasteiger partial charge >= 0.3 is 11.9 Å². The van der Waals surface area contributed by atoms with Crippen molar-refractivity contribution in [1.82, 2.24) is 0 Å². The fourth-order valence-corrected chi connectivity index (χ4v) is 5.00. The topological polar surface area (TPSA) is 89.9 Å². The van der Waals surface area contributed by atoms with Gasteiger partial charge in [-0.05, 0) is 35.7 Å². The quantitative estimate of drug-likeness (QED) is 0.329. The summed E-state index contributed by atoms with van der Waals surface area (Å²) in [5, 5.41) is 11.3. The average molecular weight is 551 g/mol. The Morgan fingerprint density at radius 3 is 1.89 bits per heavy atom. The Hall–Kier alpha value is -3.29. The number of benzene rings is 3. The molecule has 3 aromatic carbocycles. The molecule has 186 valence electrons. The number of hydrogen-bond acceptors (Lipinski definition) is 6. The minimum absolute atomic E-state index is 0.00394. The smallest absolute Gasteiger partial charge is 0.317 e. The van der Waals surface area contributed by atoms with E-state index < -0.39 is 41.1 Å². The highest BCUT2D eigenvalue weighted by Gasteiger charge is 2.57. The highest BCUT2D eigenvalue weighted by Crippen LogP contribution is 2.47. The summed E-state index contributed by atoms with van der Waals surface area (Å²) >= 11 is 3.39. The number of rotatable bonds is 7. The first-order valence-electron chi connectivity index (χ1n) is 11.7. The van der Waals surface area contributed by atoms with Crippen molar-refractivity contribution in [3.05, 3.63) is 106 Å². The normalized spacial score (nSPS) is 23.6. The molecule has 0 aromatic heterocycles. The van der Waals surface area contributed by atoms with Crippen LogP contribution in [0, 0.1) is 11.8 Å². The lowest BCUT2D eigenvalue weighted by molar-refractivity contribution is -0.174. The maximum Gasteiger partial charge on any atom is 0.317 e. The fraction of sp³-hybridized carbons (Fsp3) is 0.276. The molecule has 0 bridgehead atoms. The summed E-state index contributed by atoms with van der Waals surface area (Å²) in [5.74, 6) is -5.25. The van der Waals surface area contributed by atoms with Crippen LogP contribution in [0.2, 0.25) is 0 Å². The van der Waals surface area contributed by atoms with Gasteiger partial charge in [0.1, 0.15) is 19.1 Å². The number of esters is 2. The molecular formula is C29H27BrO6. The van der Waals surface area contributed by atoms with Crippen molar-refractivity contribution >= 4 is 33.7 Å². The number of carbonyl (C=O) groups is 3. The molecule has 1 N–H and O–H groups in total. The Kier molecular flexibility index (Phi) is 8.01. The Morgan fingerprint density at radius 1 is 0.861 bits per heavy atom. The van der Waals surface area contributed by atoms with Crippen molar-refractivity contribution in [1.29, 1.82) is 0 Å². The predicted octanol–water partition coefficient (Wildman–Crippen LogP) is 4.98. The first-order valence-corrected chi connectivity index (χ1v) is 12.5. The molecule has 4 atom stereocenters. The lowest BCUT2D eigenvalue weighted by atomic mass is 9.62. The second-order valence-electron chi connectivity index (χ2n) is 9.22. The van der Waals surface area contributed by atoms with Gasteiger partial charge in [-0.25, -0.2) is 0 Å². The number of hydrogen-bond donors (Lipinski definition) is 1. The van der Waals surface area contributed by atoms with Gasteiger partial charge in [-0.3, -0.25) is 14.4 Å². The number of halogens is 1. The zero-order valence-corrected chi connectivity index (χ0v) is 21.4. The first-order chi connectivity index (χ1) is 17.3. The monoisotopic (exact) mass is 550 g/mol.